The molecule has 3 heterocycles. The number of anilines is 5. The van der Waals surface area contributed by atoms with Crippen LogP contribution in [0.25, 0.3) is 11.1 Å². The number of rotatable bonds is 3. The molecule has 6 aromatic rings. The predicted molar refractivity (Wildman–Crippen MR) is 304 cm³/mol. The minimum atomic E-state index is -0.00785. The van der Waals surface area contributed by atoms with Crippen molar-refractivity contribution in [2.45, 2.75) is 198 Å². The number of thioether (sulfide) groups is 1. The smallest absolute Gasteiger partial charge is 0.228 e. The standard InChI is InChI=1S/C66H77BN2S/c1-38-29-40(3)57(41(4)30-38)42-32-54-59-55(33-42)69(52-21-17-43(31-39(52)2)61(5,6)7)53-22-18-44(62(8,9)10)34-51(53)67(59)58-46-36-49-50(66(16)27-25-65(49,15)26-28-66)37-56(46)70-60(58)68(54)45-19-20-47-48(35-45)64(13,14)24-23-63(47,11)12/h17-22,29-37,58,60H,23-28H2,1-16H3. The van der Waals surface area contributed by atoms with E-state index in [9.17, 15) is 0 Å². The van der Waals surface area contributed by atoms with Crippen molar-refractivity contribution in [3.63, 3.8) is 0 Å². The molecule has 13 rings (SSSR count). The average molecular weight is 941 g/mol. The lowest BCUT2D eigenvalue weighted by Gasteiger charge is -2.52. The summed E-state index contributed by atoms with van der Waals surface area (Å²) in [5.74, 6) is 0.239. The van der Waals surface area contributed by atoms with Gasteiger partial charge < -0.3 is 9.80 Å². The number of hydrogen-bond acceptors (Lipinski definition) is 3. The van der Waals surface area contributed by atoms with Crippen LogP contribution in [0.1, 0.15) is 189 Å². The summed E-state index contributed by atoms with van der Waals surface area (Å²) in [6, 6.07) is 38.2. The van der Waals surface area contributed by atoms with E-state index < -0.39 is 0 Å². The Balaban J connectivity index is 1.21. The maximum absolute atomic E-state index is 2.88. The van der Waals surface area contributed by atoms with Crippen molar-refractivity contribution in [1.82, 2.24) is 0 Å². The summed E-state index contributed by atoms with van der Waals surface area (Å²) in [5, 5.41) is 0.168. The minimum absolute atomic E-state index is 0.00785. The minimum Gasteiger partial charge on any atom is -0.329 e. The Morgan fingerprint density at radius 3 is 1.71 bits per heavy atom. The van der Waals surface area contributed by atoms with Crippen LogP contribution in [0.4, 0.5) is 28.4 Å². The normalized spacial score (nSPS) is 24.4. The third-order valence-corrected chi connectivity index (χ3v) is 20.6. The van der Waals surface area contributed by atoms with Crippen LogP contribution in [-0.4, -0.2) is 12.1 Å². The Kier molecular flexibility index (Phi) is 9.92. The lowest BCUT2D eigenvalue weighted by molar-refractivity contribution is 0.187. The second kappa shape index (κ2) is 15.0. The molecule has 0 N–H and O–H groups in total. The average Bonchev–Trinajstić information content (AvgIpc) is 3.65. The van der Waals surface area contributed by atoms with E-state index >= 15 is 0 Å². The first-order valence-electron chi connectivity index (χ1n) is 26.9. The molecule has 4 aliphatic carbocycles. The van der Waals surface area contributed by atoms with Gasteiger partial charge in [0.2, 0.25) is 6.71 Å². The van der Waals surface area contributed by atoms with Gasteiger partial charge in [-0.1, -0.05) is 137 Å². The van der Waals surface area contributed by atoms with Crippen LogP contribution < -0.4 is 20.7 Å². The second-order valence-corrected chi connectivity index (χ2v) is 28.4. The Morgan fingerprint density at radius 1 is 0.529 bits per heavy atom. The van der Waals surface area contributed by atoms with Gasteiger partial charge in [-0.3, -0.25) is 0 Å². The fourth-order valence-corrected chi connectivity index (χ4v) is 16.4. The molecule has 1 saturated carbocycles. The van der Waals surface area contributed by atoms with Crippen molar-refractivity contribution in [1.29, 1.82) is 0 Å². The van der Waals surface area contributed by atoms with Crippen molar-refractivity contribution in [3.8, 4) is 11.1 Å². The molecule has 2 atom stereocenters. The molecule has 0 amide bonds. The molecule has 3 aliphatic heterocycles. The van der Waals surface area contributed by atoms with Gasteiger partial charge in [-0.15, -0.1) is 11.8 Å². The van der Waals surface area contributed by atoms with Gasteiger partial charge in [-0.25, -0.2) is 0 Å². The van der Waals surface area contributed by atoms with Crippen LogP contribution in [0.15, 0.2) is 95.9 Å². The zero-order valence-corrected chi connectivity index (χ0v) is 46.3. The van der Waals surface area contributed by atoms with Gasteiger partial charge in [0.05, 0.1) is 5.37 Å². The zero-order chi connectivity index (χ0) is 49.6. The fourth-order valence-electron chi connectivity index (χ4n) is 14.8. The first kappa shape index (κ1) is 46.4. The lowest BCUT2D eigenvalue weighted by Crippen LogP contribution is -2.62. The SMILES string of the molecule is Cc1cc(C)c(-c2cc3c4c(c2)N(c2ccc5c(c2)C(C)(C)CCC5(C)C)C2Sc5cc6c(cc5C2B4c2cc(C(C)(C)C)ccc2N3c2ccc(C(C)(C)C)cc2C)C2(C)CCC6(C)CC2)c(C)c1. The van der Waals surface area contributed by atoms with Crippen molar-refractivity contribution in [2.75, 3.05) is 9.80 Å². The molecule has 6 aromatic carbocycles. The van der Waals surface area contributed by atoms with E-state index in [0.29, 0.717) is 0 Å². The van der Waals surface area contributed by atoms with Crippen LogP contribution in [0.2, 0.25) is 0 Å². The first-order valence-corrected chi connectivity index (χ1v) is 27.8. The van der Waals surface area contributed by atoms with Gasteiger partial charge in [-0.2, -0.15) is 0 Å². The number of hydrogen-bond donors (Lipinski definition) is 0. The van der Waals surface area contributed by atoms with E-state index in [1.807, 2.05) is 0 Å². The lowest BCUT2D eigenvalue weighted by atomic mass is 9.29. The predicted octanol–water partition coefficient (Wildman–Crippen LogP) is 16.9. The van der Waals surface area contributed by atoms with Crippen molar-refractivity contribution >= 4 is 57.8 Å². The van der Waals surface area contributed by atoms with Gasteiger partial charge in [0.15, 0.2) is 0 Å². The van der Waals surface area contributed by atoms with E-state index in [0.717, 1.165) is 0 Å². The monoisotopic (exact) mass is 941 g/mol. The molecule has 70 heavy (non-hydrogen) atoms. The Bertz CT molecular complexity index is 3190. The quantitative estimate of drug-likeness (QED) is 0.163. The maximum Gasteiger partial charge on any atom is 0.228 e. The van der Waals surface area contributed by atoms with E-state index in [-0.39, 0.29) is 50.4 Å². The molecule has 0 saturated heterocycles. The van der Waals surface area contributed by atoms with Crippen LogP contribution >= 0.6 is 11.8 Å². The number of benzene rings is 6. The molecular formula is C66H77BN2S. The molecule has 2 bridgehead atoms. The molecule has 4 heteroatoms. The third kappa shape index (κ3) is 6.72. The molecule has 0 spiro atoms. The van der Waals surface area contributed by atoms with Crippen LogP contribution in [0.5, 0.6) is 0 Å². The summed E-state index contributed by atoms with van der Waals surface area (Å²) in [4.78, 5) is 7.10. The highest BCUT2D eigenvalue weighted by Crippen LogP contribution is 2.63. The summed E-state index contributed by atoms with van der Waals surface area (Å²) in [7, 11) is 0. The van der Waals surface area contributed by atoms with Gasteiger partial charge in [0.25, 0.3) is 0 Å². The van der Waals surface area contributed by atoms with Gasteiger partial charge >= 0.3 is 0 Å². The summed E-state index contributed by atoms with van der Waals surface area (Å²) in [5.41, 5.74) is 29.0. The topological polar surface area (TPSA) is 6.48 Å². The maximum atomic E-state index is 2.88. The van der Waals surface area contributed by atoms with Gasteiger partial charge in [-0.05, 0) is 219 Å². The number of nitrogens with zero attached hydrogens (tertiary/aromatic N) is 2. The highest BCUT2D eigenvalue weighted by atomic mass is 32.2. The Morgan fingerprint density at radius 2 is 1.10 bits per heavy atom. The highest BCUT2D eigenvalue weighted by molar-refractivity contribution is 8.00. The molecule has 1 fully saturated rings. The van der Waals surface area contributed by atoms with Crippen LogP contribution in [0.3, 0.4) is 0 Å². The van der Waals surface area contributed by atoms with E-state index in [2.05, 4.69) is 223 Å². The van der Waals surface area contributed by atoms with Crippen molar-refractivity contribution in [2.24, 2.45) is 0 Å². The molecule has 2 nitrogen and oxygen atoms in total. The van der Waals surface area contributed by atoms with E-state index in [4.69, 9.17) is 0 Å². The van der Waals surface area contributed by atoms with Crippen molar-refractivity contribution in [3.05, 3.63) is 152 Å². The highest BCUT2D eigenvalue weighted by Gasteiger charge is 2.56. The van der Waals surface area contributed by atoms with Gasteiger partial charge in [0, 0.05) is 39.1 Å². The fraction of sp³-hybridized carbons (Fsp3) is 0.455. The number of fused-ring (bicyclic) bond motifs is 9. The molecule has 0 radical (unpaired) electrons. The molecule has 360 valence electrons. The molecule has 2 unspecified atom stereocenters. The van der Waals surface area contributed by atoms with Crippen LogP contribution in [0, 0.1) is 27.7 Å². The molecule has 0 aromatic heterocycles. The summed E-state index contributed by atoms with van der Waals surface area (Å²) in [6.07, 6.45) is 7.59. The zero-order valence-electron chi connectivity index (χ0n) is 45.4. The summed E-state index contributed by atoms with van der Waals surface area (Å²) >= 11 is 2.18. The van der Waals surface area contributed by atoms with Crippen molar-refractivity contribution < 1.29 is 0 Å². The van der Waals surface area contributed by atoms with Crippen LogP contribution in [-0.2, 0) is 32.5 Å². The molecular weight excluding hydrogens is 864 g/mol. The Labute approximate surface area is 426 Å². The Hall–Kier alpha value is -4.67. The second-order valence-electron chi connectivity index (χ2n) is 27.2. The van der Waals surface area contributed by atoms with E-state index in [1.165, 1.54) is 138 Å². The summed E-state index contributed by atoms with van der Waals surface area (Å²) < 4.78 is 0. The summed E-state index contributed by atoms with van der Waals surface area (Å²) in [6.45, 7) is 38.8. The molecule has 7 aliphatic rings. The number of aryl methyl sites for hydroxylation is 4. The van der Waals surface area contributed by atoms with Gasteiger partial charge in [0.1, 0.15) is 0 Å². The largest absolute Gasteiger partial charge is 0.329 e. The third-order valence-electron chi connectivity index (χ3n) is 19.2. The van der Waals surface area contributed by atoms with E-state index in [1.54, 1.807) is 16.7 Å². The first-order chi connectivity index (χ1) is 32.8.